The second-order valence-electron chi connectivity index (χ2n) is 3.40. The molecule has 100 valence electrons. The largest absolute Gasteiger partial charge is 0.496 e. The van der Waals surface area contributed by atoms with E-state index in [0.29, 0.717) is 0 Å². The van der Waals surface area contributed by atoms with Gasteiger partial charge < -0.3 is 9.47 Å². The Balaban J connectivity index is 3.31. The molecular formula is C10H12ClNO5S. The maximum absolute atomic E-state index is 11.4. The molecule has 0 saturated heterocycles. The quantitative estimate of drug-likeness (QED) is 0.851. The summed E-state index contributed by atoms with van der Waals surface area (Å²) in [6.07, 6.45) is 0.990. The molecule has 0 atom stereocenters. The maximum atomic E-state index is 11.4. The Morgan fingerprint density at radius 3 is 2.39 bits per heavy atom. The van der Waals surface area contributed by atoms with Crippen LogP contribution in [-0.2, 0) is 14.8 Å². The molecule has 0 radical (unpaired) electrons. The molecule has 8 heteroatoms. The lowest BCUT2D eigenvalue weighted by Gasteiger charge is -2.12. The summed E-state index contributed by atoms with van der Waals surface area (Å²) < 4.78 is 34.0. The van der Waals surface area contributed by atoms with E-state index in [1.165, 1.54) is 26.4 Å². The van der Waals surface area contributed by atoms with Gasteiger partial charge in [-0.3, -0.25) is 4.72 Å². The first kappa shape index (κ1) is 14.6. The number of halogens is 1. The van der Waals surface area contributed by atoms with E-state index in [1.54, 1.807) is 0 Å². The molecule has 0 amide bonds. The first-order valence-corrected chi connectivity index (χ1v) is 6.99. The Morgan fingerprint density at radius 1 is 1.33 bits per heavy atom. The lowest BCUT2D eigenvalue weighted by Crippen LogP contribution is -2.11. The number of benzene rings is 1. The third kappa shape index (κ3) is 3.51. The Kier molecular flexibility index (Phi) is 4.42. The van der Waals surface area contributed by atoms with E-state index in [-0.39, 0.29) is 22.0 Å². The molecule has 18 heavy (non-hydrogen) atoms. The molecule has 6 nitrogen and oxygen atoms in total. The summed E-state index contributed by atoms with van der Waals surface area (Å²) in [5, 5.41) is 0.0709. The molecule has 1 aromatic rings. The number of methoxy groups -OCH3 is 2. The number of carbonyl (C=O) groups is 1. The van der Waals surface area contributed by atoms with Crippen LogP contribution in [0.3, 0.4) is 0 Å². The fourth-order valence-corrected chi connectivity index (χ4v) is 2.10. The molecule has 0 saturated carbocycles. The number of rotatable bonds is 4. The molecule has 0 spiro atoms. The molecule has 0 heterocycles. The van der Waals surface area contributed by atoms with Gasteiger partial charge in [0, 0.05) is 6.07 Å². The van der Waals surface area contributed by atoms with E-state index < -0.39 is 16.0 Å². The summed E-state index contributed by atoms with van der Waals surface area (Å²) in [5.74, 6) is -0.461. The third-order valence-corrected chi connectivity index (χ3v) is 2.89. The van der Waals surface area contributed by atoms with Crippen molar-refractivity contribution >= 4 is 33.3 Å². The second-order valence-corrected chi connectivity index (χ2v) is 5.55. The van der Waals surface area contributed by atoms with Crippen LogP contribution >= 0.6 is 11.6 Å². The van der Waals surface area contributed by atoms with Gasteiger partial charge in [-0.05, 0) is 6.07 Å². The molecule has 1 N–H and O–H groups in total. The zero-order chi connectivity index (χ0) is 13.9. The van der Waals surface area contributed by atoms with E-state index in [2.05, 4.69) is 9.46 Å². The fraction of sp³-hybridized carbons (Fsp3) is 0.300. The number of nitrogens with one attached hydrogen (secondary N) is 1. The van der Waals surface area contributed by atoms with Crippen molar-refractivity contribution in [1.29, 1.82) is 0 Å². The van der Waals surface area contributed by atoms with Gasteiger partial charge in [-0.1, -0.05) is 11.6 Å². The summed E-state index contributed by atoms with van der Waals surface area (Å²) in [6, 6.07) is 2.59. The highest BCUT2D eigenvalue weighted by atomic mass is 35.5. The van der Waals surface area contributed by atoms with Crippen molar-refractivity contribution in [1.82, 2.24) is 0 Å². The lowest BCUT2D eigenvalue weighted by atomic mass is 10.2. The summed E-state index contributed by atoms with van der Waals surface area (Å²) in [5.41, 5.74) is 0.243. The SMILES string of the molecule is COC(=O)c1cc(Cl)c(NS(C)(=O)=O)cc1OC. The average molecular weight is 294 g/mol. The van der Waals surface area contributed by atoms with Crippen molar-refractivity contribution in [2.24, 2.45) is 0 Å². The number of anilines is 1. The van der Waals surface area contributed by atoms with Crippen molar-refractivity contribution < 1.29 is 22.7 Å². The molecule has 0 fully saturated rings. The van der Waals surface area contributed by atoms with Crippen LogP contribution < -0.4 is 9.46 Å². The minimum absolute atomic E-state index is 0.0709. The van der Waals surface area contributed by atoms with Crippen LogP contribution in [0.5, 0.6) is 5.75 Å². The Morgan fingerprint density at radius 2 is 1.94 bits per heavy atom. The van der Waals surface area contributed by atoms with Crippen molar-refractivity contribution in [2.45, 2.75) is 0 Å². The number of ether oxygens (including phenoxy) is 2. The van der Waals surface area contributed by atoms with E-state index in [1.807, 2.05) is 0 Å². The van der Waals surface area contributed by atoms with Crippen LogP contribution in [0.1, 0.15) is 10.4 Å². The normalized spacial score (nSPS) is 10.9. The van der Waals surface area contributed by atoms with Crippen LogP contribution in [0.25, 0.3) is 0 Å². The van der Waals surface area contributed by atoms with E-state index in [0.717, 1.165) is 6.26 Å². The van der Waals surface area contributed by atoms with Gasteiger partial charge in [0.1, 0.15) is 11.3 Å². The predicted molar refractivity (Wildman–Crippen MR) is 67.8 cm³/mol. The first-order valence-electron chi connectivity index (χ1n) is 4.72. The van der Waals surface area contributed by atoms with Crippen LogP contribution in [0.4, 0.5) is 5.69 Å². The van der Waals surface area contributed by atoms with Crippen molar-refractivity contribution in [2.75, 3.05) is 25.2 Å². The van der Waals surface area contributed by atoms with Gasteiger partial charge in [0.05, 0.1) is 31.2 Å². The van der Waals surface area contributed by atoms with Gasteiger partial charge in [-0.2, -0.15) is 0 Å². The average Bonchev–Trinajstić information content (AvgIpc) is 2.28. The van der Waals surface area contributed by atoms with Gasteiger partial charge in [0.15, 0.2) is 0 Å². The minimum Gasteiger partial charge on any atom is -0.496 e. The van der Waals surface area contributed by atoms with Gasteiger partial charge in [0.25, 0.3) is 0 Å². The van der Waals surface area contributed by atoms with Crippen molar-refractivity contribution in [3.63, 3.8) is 0 Å². The van der Waals surface area contributed by atoms with Crippen molar-refractivity contribution in [3.8, 4) is 5.75 Å². The smallest absolute Gasteiger partial charge is 0.341 e. The second kappa shape index (κ2) is 5.45. The molecule has 1 rings (SSSR count). The van der Waals surface area contributed by atoms with E-state index in [9.17, 15) is 13.2 Å². The highest BCUT2D eigenvalue weighted by Crippen LogP contribution is 2.31. The predicted octanol–water partition coefficient (Wildman–Crippen LogP) is 1.51. The van der Waals surface area contributed by atoms with Gasteiger partial charge >= 0.3 is 5.97 Å². The fourth-order valence-electron chi connectivity index (χ4n) is 1.27. The molecule has 0 aromatic heterocycles. The molecule has 0 unspecified atom stereocenters. The summed E-state index contributed by atoms with van der Waals surface area (Å²) in [4.78, 5) is 11.4. The third-order valence-electron chi connectivity index (χ3n) is 1.99. The first-order chi connectivity index (χ1) is 8.28. The highest BCUT2D eigenvalue weighted by Gasteiger charge is 2.17. The van der Waals surface area contributed by atoms with Gasteiger partial charge in [-0.15, -0.1) is 0 Å². The lowest BCUT2D eigenvalue weighted by molar-refractivity contribution is 0.0597. The molecule has 1 aromatic carbocycles. The molecule has 0 aliphatic rings. The topological polar surface area (TPSA) is 81.7 Å². The number of sulfonamides is 1. The minimum atomic E-state index is -3.47. The molecular weight excluding hydrogens is 282 g/mol. The van der Waals surface area contributed by atoms with Crippen LogP contribution in [0.15, 0.2) is 12.1 Å². The monoisotopic (exact) mass is 293 g/mol. The number of esters is 1. The standard InChI is InChI=1S/C10H12ClNO5S/c1-16-9-5-8(12-18(3,14)15)7(11)4-6(9)10(13)17-2/h4-5,12H,1-3H3. The Hall–Kier alpha value is -1.47. The Labute approximate surface area is 110 Å². The van der Waals surface area contributed by atoms with Crippen LogP contribution in [0.2, 0.25) is 5.02 Å². The van der Waals surface area contributed by atoms with Gasteiger partial charge in [0.2, 0.25) is 10.0 Å². The molecule has 0 bridgehead atoms. The number of hydrogen-bond donors (Lipinski definition) is 1. The van der Waals surface area contributed by atoms with Crippen LogP contribution in [0, 0.1) is 0 Å². The maximum Gasteiger partial charge on any atom is 0.341 e. The zero-order valence-corrected chi connectivity index (χ0v) is 11.6. The van der Waals surface area contributed by atoms with E-state index >= 15 is 0 Å². The van der Waals surface area contributed by atoms with E-state index in [4.69, 9.17) is 16.3 Å². The highest BCUT2D eigenvalue weighted by molar-refractivity contribution is 7.92. The van der Waals surface area contributed by atoms with Gasteiger partial charge in [-0.25, -0.2) is 13.2 Å². The summed E-state index contributed by atoms with van der Waals surface area (Å²) in [7, 11) is -0.902. The summed E-state index contributed by atoms with van der Waals surface area (Å²) >= 11 is 5.88. The number of carbonyl (C=O) groups excluding carboxylic acids is 1. The molecule has 0 aliphatic carbocycles. The number of hydrogen-bond acceptors (Lipinski definition) is 5. The van der Waals surface area contributed by atoms with Crippen LogP contribution in [-0.4, -0.2) is 34.9 Å². The Bertz CT molecular complexity index is 570. The zero-order valence-electron chi connectivity index (χ0n) is 9.98. The summed E-state index contributed by atoms with van der Waals surface area (Å²) in [6.45, 7) is 0. The molecule has 0 aliphatic heterocycles. The van der Waals surface area contributed by atoms with Crippen molar-refractivity contribution in [3.05, 3.63) is 22.7 Å².